The van der Waals surface area contributed by atoms with E-state index in [2.05, 4.69) is 11.9 Å². The van der Waals surface area contributed by atoms with Crippen molar-refractivity contribution in [1.29, 1.82) is 0 Å². The molecule has 1 atom stereocenters. The smallest absolute Gasteiger partial charge is 0.292 e. The first-order valence-electron chi connectivity index (χ1n) is 5.31. The van der Waals surface area contributed by atoms with E-state index in [0.29, 0.717) is 12.1 Å². The van der Waals surface area contributed by atoms with Gasteiger partial charge in [-0.05, 0) is 25.0 Å². The second-order valence-electron chi connectivity index (χ2n) is 3.83. The zero-order valence-electron chi connectivity index (χ0n) is 9.72. The Hall–Kier alpha value is -1.88. The maximum absolute atomic E-state index is 10.8. The number of nitrogens with zero attached hydrogens (tertiary/aromatic N) is 1. The second kappa shape index (κ2) is 6.00. The van der Waals surface area contributed by atoms with Gasteiger partial charge in [-0.3, -0.25) is 10.1 Å². The van der Waals surface area contributed by atoms with Crippen LogP contribution in [0.5, 0.6) is 0 Å². The van der Waals surface area contributed by atoms with Gasteiger partial charge in [-0.1, -0.05) is 12.1 Å². The highest BCUT2D eigenvalue weighted by Crippen LogP contribution is 2.26. The van der Waals surface area contributed by atoms with E-state index in [1.165, 1.54) is 6.07 Å². The molecule has 92 valence electrons. The quantitative estimate of drug-likeness (QED) is 0.451. The molecule has 0 saturated heterocycles. The Balaban J connectivity index is 2.98. The van der Waals surface area contributed by atoms with E-state index < -0.39 is 4.92 Å². The molecule has 0 bridgehead atoms. The molecule has 0 aliphatic rings. The molecule has 0 fully saturated rings. The molecule has 0 aromatic heterocycles. The Kier molecular flexibility index (Phi) is 4.66. The normalized spacial score (nSPS) is 11.9. The molecule has 1 aromatic rings. The maximum Gasteiger partial charge on any atom is 0.292 e. The summed E-state index contributed by atoms with van der Waals surface area (Å²) in [5, 5.41) is 22.9. The molecule has 0 spiro atoms. The summed E-state index contributed by atoms with van der Waals surface area (Å²) < 4.78 is 0. The molecular formula is C12H16N2O3. The number of hydrogen-bond donors (Lipinski definition) is 2. The van der Waals surface area contributed by atoms with E-state index in [1.54, 1.807) is 18.2 Å². The van der Waals surface area contributed by atoms with Gasteiger partial charge in [0.25, 0.3) is 5.69 Å². The Morgan fingerprint density at radius 3 is 2.88 bits per heavy atom. The highest BCUT2D eigenvalue weighted by Gasteiger charge is 2.16. The van der Waals surface area contributed by atoms with Crippen LogP contribution in [0.1, 0.15) is 12.0 Å². The van der Waals surface area contributed by atoms with E-state index in [9.17, 15) is 10.1 Å². The standard InChI is InChI=1S/C12H16N2O3/c1-3-4-10(8-15)13-11-7-9(2)5-6-12(11)14(16)17/h3,5-7,10,13,15H,1,4,8H2,2H3/t10-/m0/s1. The van der Waals surface area contributed by atoms with Crippen molar-refractivity contribution in [3.05, 3.63) is 46.5 Å². The van der Waals surface area contributed by atoms with Gasteiger partial charge in [-0.25, -0.2) is 0 Å². The third kappa shape index (κ3) is 3.57. The van der Waals surface area contributed by atoms with Crippen molar-refractivity contribution in [2.45, 2.75) is 19.4 Å². The molecule has 1 rings (SSSR count). The highest BCUT2D eigenvalue weighted by atomic mass is 16.6. The van der Waals surface area contributed by atoms with Crippen molar-refractivity contribution >= 4 is 11.4 Å². The zero-order chi connectivity index (χ0) is 12.8. The third-order valence-corrected chi connectivity index (χ3v) is 2.38. The predicted molar refractivity (Wildman–Crippen MR) is 67.1 cm³/mol. The number of benzene rings is 1. The average molecular weight is 236 g/mol. The lowest BCUT2D eigenvalue weighted by Gasteiger charge is -2.16. The van der Waals surface area contributed by atoms with Crippen molar-refractivity contribution in [1.82, 2.24) is 0 Å². The topological polar surface area (TPSA) is 75.4 Å². The summed E-state index contributed by atoms with van der Waals surface area (Å²) in [6.07, 6.45) is 2.21. The Morgan fingerprint density at radius 2 is 2.35 bits per heavy atom. The van der Waals surface area contributed by atoms with Gasteiger partial charge in [0.15, 0.2) is 0 Å². The van der Waals surface area contributed by atoms with Gasteiger partial charge in [-0.2, -0.15) is 0 Å². The minimum absolute atomic E-state index is 0.0121. The Bertz CT molecular complexity index is 418. The first-order valence-corrected chi connectivity index (χ1v) is 5.31. The lowest BCUT2D eigenvalue weighted by molar-refractivity contribution is -0.384. The van der Waals surface area contributed by atoms with Crippen LogP contribution in [0.2, 0.25) is 0 Å². The highest BCUT2D eigenvalue weighted by molar-refractivity contribution is 5.63. The van der Waals surface area contributed by atoms with Crippen molar-refractivity contribution in [3.8, 4) is 0 Å². The molecule has 0 heterocycles. The molecule has 0 aliphatic heterocycles. The summed E-state index contributed by atoms with van der Waals surface area (Å²) in [4.78, 5) is 10.4. The summed E-state index contributed by atoms with van der Waals surface area (Å²) >= 11 is 0. The van der Waals surface area contributed by atoms with E-state index in [4.69, 9.17) is 5.11 Å². The number of aliphatic hydroxyl groups excluding tert-OH is 1. The minimum atomic E-state index is -0.440. The molecule has 2 N–H and O–H groups in total. The van der Waals surface area contributed by atoms with Crippen molar-refractivity contribution < 1.29 is 10.0 Å². The second-order valence-corrected chi connectivity index (χ2v) is 3.83. The number of hydrogen-bond acceptors (Lipinski definition) is 4. The van der Waals surface area contributed by atoms with Crippen LogP contribution in [0, 0.1) is 17.0 Å². The van der Waals surface area contributed by atoms with Crippen LogP contribution in [0.4, 0.5) is 11.4 Å². The SMILES string of the molecule is C=CC[C@@H](CO)Nc1cc(C)ccc1[N+](=O)[O-]. The fourth-order valence-electron chi connectivity index (χ4n) is 1.52. The van der Waals surface area contributed by atoms with Crippen LogP contribution < -0.4 is 5.32 Å². The maximum atomic E-state index is 10.8. The van der Waals surface area contributed by atoms with E-state index in [-0.39, 0.29) is 18.3 Å². The molecule has 0 aliphatic carbocycles. The summed E-state index contributed by atoms with van der Waals surface area (Å²) in [5.74, 6) is 0. The van der Waals surface area contributed by atoms with Crippen molar-refractivity contribution in [3.63, 3.8) is 0 Å². The number of nitrogens with one attached hydrogen (secondary N) is 1. The molecule has 0 amide bonds. The molecule has 5 nitrogen and oxygen atoms in total. The number of anilines is 1. The van der Waals surface area contributed by atoms with Gasteiger partial charge in [-0.15, -0.1) is 6.58 Å². The van der Waals surface area contributed by atoms with Crippen molar-refractivity contribution in [2.24, 2.45) is 0 Å². The van der Waals surface area contributed by atoms with Crippen LogP contribution in [-0.2, 0) is 0 Å². The summed E-state index contributed by atoms with van der Waals surface area (Å²) in [7, 11) is 0. The summed E-state index contributed by atoms with van der Waals surface area (Å²) in [6, 6.07) is 4.59. The van der Waals surface area contributed by atoms with E-state index in [0.717, 1.165) is 5.56 Å². The fourth-order valence-corrected chi connectivity index (χ4v) is 1.52. The van der Waals surface area contributed by atoms with Gasteiger partial charge >= 0.3 is 0 Å². The lowest BCUT2D eigenvalue weighted by Crippen LogP contribution is -2.23. The largest absolute Gasteiger partial charge is 0.394 e. The number of nitro benzene ring substituents is 1. The van der Waals surface area contributed by atoms with Crippen molar-refractivity contribution in [2.75, 3.05) is 11.9 Å². The Morgan fingerprint density at radius 1 is 1.65 bits per heavy atom. The number of aryl methyl sites for hydroxylation is 1. The van der Waals surface area contributed by atoms with Crippen LogP contribution in [-0.4, -0.2) is 22.7 Å². The monoisotopic (exact) mass is 236 g/mol. The lowest BCUT2D eigenvalue weighted by atomic mass is 10.1. The molecule has 0 unspecified atom stereocenters. The first-order chi connectivity index (χ1) is 8.08. The molecule has 0 saturated carbocycles. The average Bonchev–Trinajstić information content (AvgIpc) is 2.28. The van der Waals surface area contributed by atoms with Gasteiger partial charge in [0.05, 0.1) is 17.6 Å². The molecule has 1 aromatic carbocycles. The van der Waals surface area contributed by atoms with E-state index in [1.807, 2.05) is 6.92 Å². The van der Waals surface area contributed by atoms with Crippen LogP contribution >= 0.6 is 0 Å². The Labute approximate surface area is 99.9 Å². The molecule has 0 radical (unpaired) electrons. The summed E-state index contributed by atoms with van der Waals surface area (Å²) in [6.45, 7) is 5.34. The van der Waals surface area contributed by atoms with Crippen LogP contribution in [0.25, 0.3) is 0 Å². The van der Waals surface area contributed by atoms with E-state index >= 15 is 0 Å². The van der Waals surface area contributed by atoms with Gasteiger partial charge in [0.1, 0.15) is 5.69 Å². The van der Waals surface area contributed by atoms with Gasteiger partial charge in [0, 0.05) is 6.07 Å². The summed E-state index contributed by atoms with van der Waals surface area (Å²) in [5.41, 5.74) is 1.36. The number of rotatable bonds is 6. The molecule has 5 heteroatoms. The predicted octanol–water partition coefficient (Wildman–Crippen LogP) is 2.25. The molecule has 17 heavy (non-hydrogen) atoms. The van der Waals surface area contributed by atoms with Gasteiger partial charge < -0.3 is 10.4 Å². The number of aliphatic hydroxyl groups is 1. The minimum Gasteiger partial charge on any atom is -0.394 e. The molecular weight excluding hydrogens is 220 g/mol. The number of nitro groups is 1. The zero-order valence-corrected chi connectivity index (χ0v) is 9.72. The van der Waals surface area contributed by atoms with Crippen LogP contribution in [0.15, 0.2) is 30.9 Å². The van der Waals surface area contributed by atoms with Gasteiger partial charge in [0.2, 0.25) is 0 Å². The fraction of sp³-hybridized carbons (Fsp3) is 0.333. The first kappa shape index (κ1) is 13.2. The third-order valence-electron chi connectivity index (χ3n) is 2.38. The van der Waals surface area contributed by atoms with Crippen LogP contribution in [0.3, 0.4) is 0 Å².